The van der Waals surface area contributed by atoms with Gasteiger partial charge in [0, 0.05) is 36.9 Å². The van der Waals surface area contributed by atoms with E-state index in [9.17, 15) is 0 Å². The van der Waals surface area contributed by atoms with E-state index in [1.807, 2.05) is 6.07 Å². The molecule has 0 saturated heterocycles. The van der Waals surface area contributed by atoms with Crippen molar-refractivity contribution in [3.05, 3.63) is 98.1 Å². The number of fused-ring (bicyclic) bond motifs is 3. The van der Waals surface area contributed by atoms with Crippen LogP contribution >= 0.6 is 55.7 Å². The number of rotatable bonds is 3. The molecule has 0 amide bonds. The number of hydrogen-bond acceptors (Lipinski definition) is 1. The molecule has 5 rings (SSSR count). The van der Waals surface area contributed by atoms with Crippen LogP contribution in [0.5, 0.6) is 11.5 Å². The second-order valence-corrected chi connectivity index (χ2v) is 10.8. The summed E-state index contributed by atoms with van der Waals surface area (Å²) in [4.78, 5) is 1.32. The van der Waals surface area contributed by atoms with Gasteiger partial charge in [-0.2, -0.15) is 0 Å². The molecule has 1 aromatic heterocycles. The zero-order valence-electron chi connectivity index (χ0n) is 14.7. The summed E-state index contributed by atoms with van der Waals surface area (Å²) in [6.45, 7) is 0. The Morgan fingerprint density at radius 1 is 0.643 bits per heavy atom. The fourth-order valence-electron chi connectivity index (χ4n) is 3.44. The van der Waals surface area contributed by atoms with Crippen LogP contribution in [0.15, 0.2) is 91.0 Å². The maximum atomic E-state index is 6.11. The van der Waals surface area contributed by atoms with Gasteiger partial charge in [-0.25, -0.2) is 0 Å². The minimum atomic E-state index is -0.0608. The van der Waals surface area contributed by atoms with E-state index in [1.165, 1.54) is 28.6 Å². The van der Waals surface area contributed by atoms with Crippen molar-refractivity contribution in [2.45, 2.75) is 0 Å². The normalized spacial score (nSPS) is 11.2. The Kier molecular flexibility index (Phi) is 5.02. The molecular formula is C24H15I2OS+. The lowest BCUT2D eigenvalue weighted by Crippen LogP contribution is -1.88. The lowest BCUT2D eigenvalue weighted by Gasteiger charge is -2.08. The molecule has 5 aromatic rings. The summed E-state index contributed by atoms with van der Waals surface area (Å²) in [7, 11) is -0.0608. The van der Waals surface area contributed by atoms with E-state index in [2.05, 4.69) is 130 Å². The van der Waals surface area contributed by atoms with E-state index < -0.39 is 0 Å². The summed E-state index contributed by atoms with van der Waals surface area (Å²) < 4.78 is 11.3. The third-order valence-electron chi connectivity index (χ3n) is 4.69. The molecular weight excluding hydrogens is 590 g/mol. The summed E-state index contributed by atoms with van der Waals surface area (Å²) >= 11 is 4.64. The average Bonchev–Trinajstić information content (AvgIpc) is 3.05. The number of ether oxygens (including phenoxy) is 1. The molecule has 0 aliphatic rings. The quantitative estimate of drug-likeness (QED) is 0.148. The zero-order valence-corrected chi connectivity index (χ0v) is 19.9. The molecule has 0 aliphatic heterocycles. The third-order valence-corrected chi connectivity index (χ3v) is 8.53. The first-order valence-electron chi connectivity index (χ1n) is 8.86. The van der Waals surface area contributed by atoms with Crippen LogP contribution in [0.3, 0.4) is 0 Å². The molecule has 0 spiro atoms. The summed E-state index contributed by atoms with van der Waals surface area (Å²) in [6, 6.07) is 32.3. The van der Waals surface area contributed by atoms with Gasteiger partial charge in [0.25, 0.3) is 0 Å². The molecule has 0 bridgehead atoms. The first-order chi connectivity index (χ1) is 13.7. The van der Waals surface area contributed by atoms with Crippen molar-refractivity contribution >= 4 is 75.8 Å². The van der Waals surface area contributed by atoms with Gasteiger partial charge in [0.15, 0.2) is 14.3 Å². The molecule has 4 aromatic carbocycles. The van der Waals surface area contributed by atoms with Gasteiger partial charge >= 0.3 is 0 Å². The van der Waals surface area contributed by atoms with Crippen LogP contribution in [0, 0.1) is 7.14 Å². The Morgan fingerprint density at radius 3 is 1.86 bits per heavy atom. The maximum Gasteiger partial charge on any atom is 0.187 e. The molecule has 0 N–H and O–H groups in total. The van der Waals surface area contributed by atoms with Crippen molar-refractivity contribution < 1.29 is 4.74 Å². The molecule has 0 aliphatic carbocycles. The van der Waals surface area contributed by atoms with Crippen molar-refractivity contribution in [1.29, 1.82) is 0 Å². The molecule has 28 heavy (non-hydrogen) atoms. The van der Waals surface area contributed by atoms with Crippen LogP contribution in [0.1, 0.15) is 0 Å². The van der Waals surface area contributed by atoms with E-state index >= 15 is 0 Å². The topological polar surface area (TPSA) is 9.23 Å². The van der Waals surface area contributed by atoms with E-state index in [1.54, 1.807) is 0 Å². The average molecular weight is 605 g/mol. The SMILES string of the molecule is Ic1ccc(Oc2ccc(-[s+]3c4ccccc4c4ccccc43)cc2)c(I)c1. The van der Waals surface area contributed by atoms with E-state index in [0.717, 1.165) is 15.1 Å². The number of thiophene rings is 1. The summed E-state index contributed by atoms with van der Waals surface area (Å²) in [5.41, 5.74) is 0. The fourth-order valence-corrected chi connectivity index (χ4v) is 7.53. The van der Waals surface area contributed by atoms with Crippen LogP contribution in [-0.2, 0) is 0 Å². The summed E-state index contributed by atoms with van der Waals surface area (Å²) in [6.07, 6.45) is 0. The number of benzene rings is 4. The smallest absolute Gasteiger partial charge is 0.187 e. The van der Waals surface area contributed by atoms with Gasteiger partial charge < -0.3 is 4.74 Å². The predicted molar refractivity (Wildman–Crippen MR) is 137 cm³/mol. The predicted octanol–water partition coefficient (Wildman–Crippen LogP) is 8.73. The zero-order chi connectivity index (χ0) is 19.1. The lowest BCUT2D eigenvalue weighted by molar-refractivity contribution is 0.479. The van der Waals surface area contributed by atoms with Gasteiger partial charge in [0.1, 0.15) is 11.5 Å². The van der Waals surface area contributed by atoms with Crippen LogP contribution in [0.4, 0.5) is 0 Å². The Morgan fingerprint density at radius 2 is 1.25 bits per heavy atom. The Balaban J connectivity index is 1.57. The molecule has 0 fully saturated rings. The second-order valence-electron chi connectivity index (χ2n) is 6.45. The van der Waals surface area contributed by atoms with Gasteiger partial charge in [-0.1, -0.05) is 24.3 Å². The molecule has 1 heterocycles. The van der Waals surface area contributed by atoms with Crippen molar-refractivity contribution in [3.63, 3.8) is 0 Å². The van der Waals surface area contributed by atoms with Gasteiger partial charge in [-0.15, -0.1) is 0 Å². The van der Waals surface area contributed by atoms with Crippen molar-refractivity contribution in [2.75, 3.05) is 0 Å². The van der Waals surface area contributed by atoms with Crippen LogP contribution < -0.4 is 4.74 Å². The molecule has 136 valence electrons. The van der Waals surface area contributed by atoms with Gasteiger partial charge in [-0.3, -0.25) is 0 Å². The largest absolute Gasteiger partial charge is 0.456 e. The number of hydrogen-bond donors (Lipinski definition) is 0. The van der Waals surface area contributed by atoms with Crippen LogP contribution in [-0.4, -0.2) is 0 Å². The molecule has 4 heteroatoms. The third kappa shape index (κ3) is 3.31. The highest BCUT2D eigenvalue weighted by Gasteiger charge is 2.22. The molecule has 0 saturated carbocycles. The molecule has 0 atom stereocenters. The highest BCUT2D eigenvalue weighted by atomic mass is 127. The van der Waals surface area contributed by atoms with Gasteiger partial charge in [0.2, 0.25) is 0 Å². The van der Waals surface area contributed by atoms with E-state index in [-0.39, 0.29) is 10.5 Å². The van der Waals surface area contributed by atoms with E-state index in [4.69, 9.17) is 4.74 Å². The lowest BCUT2D eigenvalue weighted by atomic mass is 10.2. The summed E-state index contributed by atoms with van der Waals surface area (Å²) in [5.74, 6) is 1.76. The van der Waals surface area contributed by atoms with Crippen molar-refractivity contribution in [1.82, 2.24) is 0 Å². The van der Waals surface area contributed by atoms with Crippen LogP contribution in [0.25, 0.3) is 25.1 Å². The van der Waals surface area contributed by atoms with Crippen LogP contribution in [0.2, 0.25) is 0 Å². The highest BCUT2D eigenvalue weighted by molar-refractivity contribution is 14.1. The number of halogens is 2. The first-order valence-corrected chi connectivity index (χ1v) is 12.2. The molecule has 1 nitrogen and oxygen atoms in total. The van der Waals surface area contributed by atoms with E-state index in [0.29, 0.717) is 0 Å². The Hall–Kier alpha value is -1.64. The highest BCUT2D eigenvalue weighted by Crippen LogP contribution is 2.48. The minimum Gasteiger partial charge on any atom is -0.456 e. The first kappa shape index (κ1) is 18.4. The van der Waals surface area contributed by atoms with Gasteiger partial charge in [-0.05, 0) is 99.8 Å². The summed E-state index contributed by atoms with van der Waals surface area (Å²) in [5, 5.41) is 2.71. The van der Waals surface area contributed by atoms with Crippen molar-refractivity contribution in [3.8, 4) is 16.4 Å². The fraction of sp³-hybridized carbons (Fsp3) is 0. The monoisotopic (exact) mass is 605 g/mol. The minimum absolute atomic E-state index is 0.0608. The van der Waals surface area contributed by atoms with Gasteiger partial charge in [0.05, 0.1) is 3.57 Å². The van der Waals surface area contributed by atoms with Crippen molar-refractivity contribution in [2.24, 2.45) is 0 Å². The molecule has 0 radical (unpaired) electrons. The Bertz CT molecular complexity index is 1250. The maximum absolute atomic E-state index is 6.11. The Labute approximate surface area is 193 Å². The molecule has 0 unspecified atom stereocenters. The standard InChI is InChI=1S/C24H15I2OS/c25-16-9-14-22(21(26)15-16)27-17-10-12-18(13-11-17)28-23-7-3-1-5-19(23)20-6-2-4-8-24(20)28/h1-15H/q+1. The second kappa shape index (κ2) is 7.65.